The lowest BCUT2D eigenvalue weighted by molar-refractivity contribution is 0.1000. The van der Waals surface area contributed by atoms with E-state index in [1.807, 2.05) is 0 Å². The SMILES string of the molecule is NC(=O)c1ccc(CNCC2(CO)CC2)c(F)c1. The summed E-state index contributed by atoms with van der Waals surface area (Å²) in [6.45, 7) is 1.23. The van der Waals surface area contributed by atoms with E-state index >= 15 is 0 Å². The second-order valence-corrected chi connectivity index (χ2v) is 4.93. The number of hydrogen-bond acceptors (Lipinski definition) is 3. The number of primary amides is 1. The predicted octanol–water partition coefficient (Wildman–Crippen LogP) is 0.787. The first-order valence-corrected chi connectivity index (χ1v) is 5.96. The van der Waals surface area contributed by atoms with Gasteiger partial charge in [0.25, 0.3) is 0 Å². The Labute approximate surface area is 105 Å². The van der Waals surface area contributed by atoms with Gasteiger partial charge < -0.3 is 16.2 Å². The molecule has 0 aliphatic heterocycles. The molecule has 0 spiro atoms. The van der Waals surface area contributed by atoms with Gasteiger partial charge in [-0.2, -0.15) is 0 Å². The van der Waals surface area contributed by atoms with Crippen molar-refractivity contribution in [2.24, 2.45) is 11.1 Å². The third-order valence-corrected chi connectivity index (χ3v) is 3.45. The van der Waals surface area contributed by atoms with Crippen LogP contribution in [-0.4, -0.2) is 24.2 Å². The Bertz CT molecular complexity index is 458. The summed E-state index contributed by atoms with van der Waals surface area (Å²) in [7, 11) is 0. The van der Waals surface area contributed by atoms with Gasteiger partial charge in [-0.3, -0.25) is 4.79 Å². The quantitative estimate of drug-likeness (QED) is 0.700. The van der Waals surface area contributed by atoms with E-state index in [4.69, 9.17) is 10.8 Å². The molecule has 2 rings (SSSR count). The van der Waals surface area contributed by atoms with Gasteiger partial charge in [0.1, 0.15) is 5.82 Å². The van der Waals surface area contributed by atoms with E-state index in [0.717, 1.165) is 18.9 Å². The Kier molecular flexibility index (Phi) is 3.63. The van der Waals surface area contributed by atoms with E-state index in [1.165, 1.54) is 6.07 Å². The summed E-state index contributed by atoms with van der Waals surface area (Å²) in [6.07, 6.45) is 2.03. The number of carbonyl (C=O) groups is 1. The molecule has 0 radical (unpaired) electrons. The van der Waals surface area contributed by atoms with Gasteiger partial charge in [-0.1, -0.05) is 6.07 Å². The Morgan fingerprint density at radius 2 is 2.22 bits per heavy atom. The van der Waals surface area contributed by atoms with Gasteiger partial charge in [-0.15, -0.1) is 0 Å². The third-order valence-electron chi connectivity index (χ3n) is 3.45. The normalized spacial score (nSPS) is 16.6. The monoisotopic (exact) mass is 252 g/mol. The van der Waals surface area contributed by atoms with Crippen molar-refractivity contribution >= 4 is 5.91 Å². The number of benzene rings is 1. The summed E-state index contributed by atoms with van der Waals surface area (Å²) < 4.78 is 13.6. The summed E-state index contributed by atoms with van der Waals surface area (Å²) in [6, 6.07) is 4.22. The van der Waals surface area contributed by atoms with Gasteiger partial charge in [0.2, 0.25) is 5.91 Å². The van der Waals surface area contributed by atoms with Crippen molar-refractivity contribution in [3.05, 3.63) is 35.1 Å². The maximum Gasteiger partial charge on any atom is 0.248 e. The van der Waals surface area contributed by atoms with Gasteiger partial charge in [0.05, 0.1) is 0 Å². The zero-order valence-electron chi connectivity index (χ0n) is 10.1. The van der Waals surface area contributed by atoms with Crippen molar-refractivity contribution in [2.45, 2.75) is 19.4 Å². The van der Waals surface area contributed by atoms with Crippen LogP contribution in [0.25, 0.3) is 0 Å². The van der Waals surface area contributed by atoms with Gasteiger partial charge in [-0.25, -0.2) is 4.39 Å². The highest BCUT2D eigenvalue weighted by Gasteiger charge is 2.41. The standard InChI is InChI=1S/C13H17FN2O2/c14-11-5-9(12(15)18)1-2-10(11)6-16-7-13(8-17)3-4-13/h1-2,5,16-17H,3-4,6-8H2,(H2,15,18). The highest BCUT2D eigenvalue weighted by Crippen LogP contribution is 2.44. The van der Waals surface area contributed by atoms with E-state index in [-0.39, 0.29) is 17.6 Å². The molecular formula is C13H17FN2O2. The van der Waals surface area contributed by atoms with Crippen LogP contribution in [0, 0.1) is 11.2 Å². The molecule has 1 aliphatic carbocycles. The number of carbonyl (C=O) groups excluding carboxylic acids is 1. The van der Waals surface area contributed by atoms with Crippen molar-refractivity contribution in [2.75, 3.05) is 13.2 Å². The largest absolute Gasteiger partial charge is 0.396 e. The molecule has 1 aromatic rings. The average Bonchev–Trinajstić information content (AvgIpc) is 3.11. The van der Waals surface area contributed by atoms with Gasteiger partial charge >= 0.3 is 0 Å². The summed E-state index contributed by atoms with van der Waals surface area (Å²) in [5.41, 5.74) is 5.74. The molecule has 1 aliphatic rings. The maximum absolute atomic E-state index is 13.6. The van der Waals surface area contributed by atoms with E-state index < -0.39 is 11.7 Å². The molecule has 98 valence electrons. The number of aliphatic hydroxyl groups excluding tert-OH is 1. The number of rotatable bonds is 6. The molecule has 0 heterocycles. The van der Waals surface area contributed by atoms with Crippen LogP contribution >= 0.6 is 0 Å². The Morgan fingerprint density at radius 3 is 2.72 bits per heavy atom. The van der Waals surface area contributed by atoms with Crippen LogP contribution in [0.5, 0.6) is 0 Å². The molecule has 1 fully saturated rings. The third kappa shape index (κ3) is 2.86. The van der Waals surface area contributed by atoms with Crippen LogP contribution in [0.15, 0.2) is 18.2 Å². The van der Waals surface area contributed by atoms with Crippen LogP contribution in [0.2, 0.25) is 0 Å². The van der Waals surface area contributed by atoms with Crippen LogP contribution in [-0.2, 0) is 6.54 Å². The first kappa shape index (κ1) is 13.0. The Balaban J connectivity index is 1.91. The highest BCUT2D eigenvalue weighted by molar-refractivity contribution is 5.92. The molecule has 1 amide bonds. The summed E-state index contributed by atoms with van der Waals surface area (Å²) in [4.78, 5) is 10.9. The van der Waals surface area contributed by atoms with Crippen LogP contribution in [0.4, 0.5) is 4.39 Å². The fourth-order valence-corrected chi connectivity index (χ4v) is 1.87. The number of hydrogen-bond donors (Lipinski definition) is 3. The van der Waals surface area contributed by atoms with Crippen LogP contribution < -0.4 is 11.1 Å². The minimum atomic E-state index is -0.634. The minimum absolute atomic E-state index is 0.00361. The van der Waals surface area contributed by atoms with E-state index in [2.05, 4.69) is 5.32 Å². The summed E-state index contributed by atoms with van der Waals surface area (Å²) in [5.74, 6) is -1.07. The lowest BCUT2D eigenvalue weighted by Crippen LogP contribution is -2.26. The first-order valence-electron chi connectivity index (χ1n) is 5.96. The fraction of sp³-hybridized carbons (Fsp3) is 0.462. The van der Waals surface area contributed by atoms with E-state index in [1.54, 1.807) is 6.07 Å². The molecule has 0 aromatic heterocycles. The Morgan fingerprint density at radius 1 is 1.50 bits per heavy atom. The number of nitrogens with two attached hydrogens (primary N) is 1. The molecule has 0 saturated heterocycles. The topological polar surface area (TPSA) is 75.4 Å². The number of amides is 1. The number of nitrogens with one attached hydrogen (secondary N) is 1. The summed E-state index contributed by atoms with van der Waals surface area (Å²) in [5, 5.41) is 12.3. The molecule has 18 heavy (non-hydrogen) atoms. The van der Waals surface area contributed by atoms with Crippen LogP contribution in [0.1, 0.15) is 28.8 Å². The number of aliphatic hydroxyl groups is 1. The molecular weight excluding hydrogens is 235 g/mol. The van der Waals surface area contributed by atoms with Gasteiger partial charge in [0, 0.05) is 36.2 Å². The average molecular weight is 252 g/mol. The zero-order valence-corrected chi connectivity index (χ0v) is 10.1. The van der Waals surface area contributed by atoms with Crippen molar-refractivity contribution in [1.82, 2.24) is 5.32 Å². The molecule has 1 aromatic carbocycles. The molecule has 4 nitrogen and oxygen atoms in total. The molecule has 4 N–H and O–H groups in total. The molecule has 0 bridgehead atoms. The van der Waals surface area contributed by atoms with E-state index in [9.17, 15) is 9.18 Å². The smallest absolute Gasteiger partial charge is 0.248 e. The molecule has 0 atom stereocenters. The van der Waals surface area contributed by atoms with E-state index in [0.29, 0.717) is 18.7 Å². The lowest BCUT2D eigenvalue weighted by Gasteiger charge is -2.13. The van der Waals surface area contributed by atoms with Gasteiger partial charge in [0.15, 0.2) is 0 Å². The maximum atomic E-state index is 13.6. The van der Waals surface area contributed by atoms with Crippen molar-refractivity contribution in [3.8, 4) is 0 Å². The number of halogens is 1. The molecule has 1 saturated carbocycles. The molecule has 5 heteroatoms. The lowest BCUT2D eigenvalue weighted by atomic mass is 10.1. The molecule has 0 unspecified atom stereocenters. The van der Waals surface area contributed by atoms with Crippen molar-refractivity contribution in [1.29, 1.82) is 0 Å². The highest BCUT2D eigenvalue weighted by atomic mass is 19.1. The second-order valence-electron chi connectivity index (χ2n) is 4.93. The predicted molar refractivity (Wildman–Crippen MR) is 65.4 cm³/mol. The zero-order chi connectivity index (χ0) is 13.2. The van der Waals surface area contributed by atoms with Crippen LogP contribution in [0.3, 0.4) is 0 Å². The fourth-order valence-electron chi connectivity index (χ4n) is 1.87. The minimum Gasteiger partial charge on any atom is -0.396 e. The van der Waals surface area contributed by atoms with Crippen molar-refractivity contribution < 1.29 is 14.3 Å². The summed E-state index contributed by atoms with van der Waals surface area (Å²) >= 11 is 0. The van der Waals surface area contributed by atoms with Gasteiger partial charge in [-0.05, 0) is 25.0 Å². The second kappa shape index (κ2) is 5.04. The van der Waals surface area contributed by atoms with Crippen molar-refractivity contribution in [3.63, 3.8) is 0 Å². The first-order chi connectivity index (χ1) is 8.56. The Hall–Kier alpha value is -1.46.